The lowest BCUT2D eigenvalue weighted by Gasteiger charge is -2.19. The van der Waals surface area contributed by atoms with Crippen molar-refractivity contribution in [2.75, 3.05) is 0 Å². The second-order valence-electron chi connectivity index (χ2n) is 7.75. The van der Waals surface area contributed by atoms with Crippen LogP contribution in [-0.2, 0) is 6.42 Å². The number of rotatable bonds is 15. The summed E-state index contributed by atoms with van der Waals surface area (Å²) in [5, 5.41) is 0. The first kappa shape index (κ1) is 22.9. The van der Waals surface area contributed by atoms with Crippen molar-refractivity contribution in [2.45, 2.75) is 90.9 Å². The van der Waals surface area contributed by atoms with E-state index in [1.165, 1.54) is 69.9 Å². The zero-order chi connectivity index (χ0) is 19.2. The van der Waals surface area contributed by atoms with Crippen molar-refractivity contribution < 1.29 is 8.78 Å². The highest BCUT2D eigenvalue weighted by atomic mass is 19.2. The van der Waals surface area contributed by atoms with Crippen molar-refractivity contribution in [3.8, 4) is 0 Å². The smallest absolute Gasteiger partial charge is 0.159 e. The molecule has 0 saturated heterocycles. The minimum atomic E-state index is -0.754. The van der Waals surface area contributed by atoms with Crippen LogP contribution < -0.4 is 0 Å². The van der Waals surface area contributed by atoms with E-state index in [2.05, 4.69) is 20.4 Å². The number of hydrogen-bond donors (Lipinski definition) is 0. The molecule has 26 heavy (non-hydrogen) atoms. The lowest BCUT2D eigenvalue weighted by molar-refractivity contribution is 0.346. The molecule has 148 valence electrons. The maximum Gasteiger partial charge on any atom is 0.159 e. The highest BCUT2D eigenvalue weighted by Gasteiger charge is 2.12. The van der Waals surface area contributed by atoms with E-state index in [-0.39, 0.29) is 0 Å². The summed E-state index contributed by atoms with van der Waals surface area (Å²) < 4.78 is 26.3. The maximum atomic E-state index is 13.3. The van der Waals surface area contributed by atoms with Crippen LogP contribution in [0.2, 0.25) is 0 Å². The molecule has 1 aromatic rings. The summed E-state index contributed by atoms with van der Waals surface area (Å²) >= 11 is 0. The summed E-state index contributed by atoms with van der Waals surface area (Å²) in [6.07, 6.45) is 16.6. The summed E-state index contributed by atoms with van der Waals surface area (Å²) in [7, 11) is 0. The van der Waals surface area contributed by atoms with Gasteiger partial charge in [0.2, 0.25) is 0 Å². The topological polar surface area (TPSA) is 0 Å². The van der Waals surface area contributed by atoms with Gasteiger partial charge in [-0.05, 0) is 55.2 Å². The van der Waals surface area contributed by atoms with Gasteiger partial charge in [0.1, 0.15) is 0 Å². The Balaban J connectivity index is 2.35. The first-order valence-corrected chi connectivity index (χ1v) is 10.6. The average molecular weight is 365 g/mol. The fourth-order valence-electron chi connectivity index (χ4n) is 4.02. The van der Waals surface area contributed by atoms with E-state index in [1.807, 2.05) is 6.08 Å². The predicted molar refractivity (Wildman–Crippen MR) is 109 cm³/mol. The minimum Gasteiger partial charge on any atom is -0.204 e. The normalized spacial score (nSPS) is 13.5. The molecule has 1 aromatic carbocycles. The lowest BCUT2D eigenvalue weighted by Crippen LogP contribution is -2.05. The zero-order valence-electron chi connectivity index (χ0n) is 16.9. The van der Waals surface area contributed by atoms with Crippen LogP contribution in [0.4, 0.5) is 8.78 Å². The van der Waals surface area contributed by atoms with Crippen LogP contribution in [-0.4, -0.2) is 0 Å². The molecule has 2 atom stereocenters. The molecule has 0 aliphatic rings. The first-order chi connectivity index (χ1) is 12.6. The Kier molecular flexibility index (Phi) is 12.3. The van der Waals surface area contributed by atoms with Crippen molar-refractivity contribution in [3.05, 3.63) is 48.1 Å². The minimum absolute atomic E-state index is 0.728. The molecule has 0 heterocycles. The van der Waals surface area contributed by atoms with Crippen LogP contribution in [0.5, 0.6) is 0 Å². The van der Waals surface area contributed by atoms with Gasteiger partial charge in [0.25, 0.3) is 0 Å². The third-order valence-corrected chi connectivity index (χ3v) is 5.46. The van der Waals surface area contributed by atoms with E-state index >= 15 is 0 Å². The van der Waals surface area contributed by atoms with Crippen molar-refractivity contribution in [3.63, 3.8) is 0 Å². The molecule has 0 aliphatic carbocycles. The largest absolute Gasteiger partial charge is 0.204 e. The molecule has 0 spiro atoms. The Morgan fingerprint density at radius 3 is 2.04 bits per heavy atom. The van der Waals surface area contributed by atoms with Crippen LogP contribution in [0, 0.1) is 23.5 Å². The van der Waals surface area contributed by atoms with E-state index in [0.29, 0.717) is 0 Å². The summed E-state index contributed by atoms with van der Waals surface area (Å²) in [6.45, 7) is 8.38. The Bertz CT molecular complexity index is 495. The van der Waals surface area contributed by atoms with E-state index in [1.54, 1.807) is 6.07 Å². The number of benzene rings is 1. The third-order valence-electron chi connectivity index (χ3n) is 5.46. The first-order valence-electron chi connectivity index (χ1n) is 10.6. The second-order valence-corrected chi connectivity index (χ2v) is 7.75. The fraction of sp³-hybridized carbons (Fsp3) is 0.667. The molecule has 1 rings (SSSR count). The summed E-state index contributed by atoms with van der Waals surface area (Å²) in [5.41, 5.74) is 0.909. The van der Waals surface area contributed by atoms with Gasteiger partial charge in [-0.2, -0.15) is 0 Å². The summed E-state index contributed by atoms with van der Waals surface area (Å²) in [4.78, 5) is 0. The van der Waals surface area contributed by atoms with Crippen molar-refractivity contribution >= 4 is 0 Å². The quantitative estimate of drug-likeness (QED) is 0.275. The monoisotopic (exact) mass is 364 g/mol. The molecule has 0 saturated carbocycles. The average Bonchev–Trinajstić information content (AvgIpc) is 2.62. The molecule has 0 N–H and O–H groups in total. The van der Waals surface area contributed by atoms with Crippen molar-refractivity contribution in [1.82, 2.24) is 0 Å². The molecule has 0 fully saturated rings. The highest BCUT2D eigenvalue weighted by molar-refractivity contribution is 5.17. The molecule has 0 amide bonds. The Hall–Kier alpha value is -1.18. The molecule has 0 nitrogen and oxygen atoms in total. The van der Waals surface area contributed by atoms with Gasteiger partial charge >= 0.3 is 0 Å². The standard InChI is InChI=1S/C24H38F2/c1-4-7-12-20(10-5-2)13-8-14-21(11-6-3)15-9-16-22-17-18-23(25)24(26)19-22/h4,17-21H,1,5-16H2,2-3H3. The molecule has 0 bridgehead atoms. The SMILES string of the molecule is C=CCCC(CCC)CCCC(CCC)CCCc1ccc(F)c(F)c1. The van der Waals surface area contributed by atoms with Gasteiger partial charge in [-0.25, -0.2) is 8.78 Å². The van der Waals surface area contributed by atoms with Crippen LogP contribution >= 0.6 is 0 Å². The number of halogens is 2. The van der Waals surface area contributed by atoms with E-state index in [4.69, 9.17) is 0 Å². The van der Waals surface area contributed by atoms with Crippen molar-refractivity contribution in [2.24, 2.45) is 11.8 Å². The lowest BCUT2D eigenvalue weighted by atomic mass is 9.87. The molecule has 0 aromatic heterocycles. The summed E-state index contributed by atoms with van der Waals surface area (Å²) in [6, 6.07) is 4.30. The Morgan fingerprint density at radius 1 is 0.846 bits per heavy atom. The van der Waals surface area contributed by atoms with Crippen molar-refractivity contribution in [1.29, 1.82) is 0 Å². The van der Waals surface area contributed by atoms with Gasteiger partial charge in [0.05, 0.1) is 0 Å². The van der Waals surface area contributed by atoms with E-state index < -0.39 is 11.6 Å². The van der Waals surface area contributed by atoms with Crippen LogP contribution in [0.25, 0.3) is 0 Å². The van der Waals surface area contributed by atoms with Crippen LogP contribution in [0.15, 0.2) is 30.9 Å². The summed E-state index contributed by atoms with van der Waals surface area (Å²) in [5.74, 6) is 0.138. The Morgan fingerprint density at radius 2 is 1.46 bits per heavy atom. The number of allylic oxidation sites excluding steroid dienone is 1. The van der Waals surface area contributed by atoms with E-state index in [9.17, 15) is 8.78 Å². The maximum absolute atomic E-state index is 13.3. The fourth-order valence-corrected chi connectivity index (χ4v) is 4.02. The van der Waals surface area contributed by atoms with Gasteiger partial charge in [-0.15, -0.1) is 6.58 Å². The number of hydrogen-bond acceptors (Lipinski definition) is 0. The second kappa shape index (κ2) is 13.9. The molecular formula is C24H38F2. The predicted octanol–water partition coefficient (Wildman–Crippen LogP) is 8.26. The highest BCUT2D eigenvalue weighted by Crippen LogP contribution is 2.26. The third kappa shape index (κ3) is 9.50. The molecule has 2 unspecified atom stereocenters. The van der Waals surface area contributed by atoms with Gasteiger partial charge in [0.15, 0.2) is 11.6 Å². The van der Waals surface area contributed by atoms with Gasteiger partial charge in [-0.3, -0.25) is 0 Å². The zero-order valence-corrected chi connectivity index (χ0v) is 16.9. The molecule has 2 heteroatoms. The van der Waals surface area contributed by atoms with Crippen LogP contribution in [0.1, 0.15) is 90.0 Å². The molecule has 0 aliphatic heterocycles. The molecule has 0 radical (unpaired) electrons. The van der Waals surface area contributed by atoms with E-state index in [0.717, 1.165) is 36.7 Å². The Labute approximate surface area is 160 Å². The number of aryl methyl sites for hydroxylation is 1. The van der Waals surface area contributed by atoms with Gasteiger partial charge < -0.3 is 0 Å². The molecular weight excluding hydrogens is 326 g/mol. The van der Waals surface area contributed by atoms with Crippen LogP contribution in [0.3, 0.4) is 0 Å². The van der Waals surface area contributed by atoms with Gasteiger partial charge in [0, 0.05) is 0 Å². The van der Waals surface area contributed by atoms with Gasteiger partial charge in [-0.1, -0.05) is 77.4 Å².